The van der Waals surface area contributed by atoms with Gasteiger partial charge in [-0.25, -0.2) is 0 Å². The van der Waals surface area contributed by atoms with Gasteiger partial charge in [-0.1, -0.05) is 12.1 Å². The maximum Gasteiger partial charge on any atom is 0.162 e. The van der Waals surface area contributed by atoms with E-state index in [4.69, 9.17) is 0 Å². The fourth-order valence-corrected chi connectivity index (χ4v) is 1.22. The minimum Gasteiger partial charge on any atom is -0.294 e. The molecule has 0 aliphatic carbocycles. The molecule has 0 aliphatic rings. The Bertz CT molecular complexity index is 450. The number of hydrogen-bond donors (Lipinski definition) is 0. The van der Waals surface area contributed by atoms with Crippen molar-refractivity contribution in [3.63, 3.8) is 0 Å². The van der Waals surface area contributed by atoms with Gasteiger partial charge in [-0.15, -0.1) is 15.0 Å². The molecule has 0 amide bonds. The molecular formula is C9H8N4O. The van der Waals surface area contributed by atoms with E-state index in [1.54, 1.807) is 18.2 Å². The topological polar surface area (TPSA) is 60.7 Å². The number of benzene rings is 1. The number of rotatable bonds is 2. The Morgan fingerprint density at radius 3 is 2.79 bits per heavy atom. The summed E-state index contributed by atoms with van der Waals surface area (Å²) in [5, 5.41) is 11.2. The summed E-state index contributed by atoms with van der Waals surface area (Å²) in [5.74, 6) is -0.0158. The van der Waals surface area contributed by atoms with Crippen molar-refractivity contribution in [3.05, 3.63) is 36.2 Å². The van der Waals surface area contributed by atoms with Gasteiger partial charge in [-0.2, -0.15) is 0 Å². The van der Waals surface area contributed by atoms with Gasteiger partial charge in [0.15, 0.2) is 12.1 Å². The van der Waals surface area contributed by atoms with E-state index in [0.717, 1.165) is 0 Å². The second-order valence-electron chi connectivity index (χ2n) is 2.80. The Hall–Kier alpha value is -2.04. The van der Waals surface area contributed by atoms with E-state index < -0.39 is 0 Å². The van der Waals surface area contributed by atoms with E-state index in [1.165, 1.54) is 18.0 Å². The zero-order chi connectivity index (χ0) is 9.97. The first kappa shape index (κ1) is 8.55. The number of aromatic nitrogens is 4. The molecule has 0 saturated heterocycles. The first-order valence-corrected chi connectivity index (χ1v) is 4.12. The summed E-state index contributed by atoms with van der Waals surface area (Å²) in [5.41, 5.74) is 1.24. The third-order valence-electron chi connectivity index (χ3n) is 1.85. The molecule has 0 unspecified atom stereocenters. The molecule has 0 fully saturated rings. The summed E-state index contributed by atoms with van der Waals surface area (Å²) < 4.78 is 0. The van der Waals surface area contributed by atoms with Gasteiger partial charge in [0.25, 0.3) is 0 Å². The molecule has 70 valence electrons. The van der Waals surface area contributed by atoms with Gasteiger partial charge in [0.05, 0.1) is 5.69 Å². The van der Waals surface area contributed by atoms with Crippen LogP contribution in [-0.4, -0.2) is 26.0 Å². The van der Waals surface area contributed by atoms with Crippen LogP contribution in [0.15, 0.2) is 30.6 Å². The standard InChI is InChI=1S/C9H8N4O/c1-7(14)8-4-2-3-5-9(8)13-11-6-10-12-13/h2-6H,1H3. The normalized spacial score (nSPS) is 10.1. The summed E-state index contributed by atoms with van der Waals surface area (Å²) in [7, 11) is 0. The lowest BCUT2D eigenvalue weighted by molar-refractivity contribution is 0.101. The predicted octanol–water partition coefficient (Wildman–Crippen LogP) is 0.865. The van der Waals surface area contributed by atoms with Crippen molar-refractivity contribution >= 4 is 5.78 Å². The number of ketones is 1. The van der Waals surface area contributed by atoms with Gasteiger partial charge in [0.1, 0.15) is 0 Å². The van der Waals surface area contributed by atoms with E-state index in [9.17, 15) is 4.79 Å². The average Bonchev–Trinajstić information content (AvgIpc) is 2.70. The molecule has 0 atom stereocenters. The van der Waals surface area contributed by atoms with Crippen LogP contribution in [0.25, 0.3) is 5.69 Å². The highest BCUT2D eigenvalue weighted by Crippen LogP contribution is 2.11. The van der Waals surface area contributed by atoms with E-state index in [-0.39, 0.29) is 5.78 Å². The maximum atomic E-state index is 11.3. The van der Waals surface area contributed by atoms with Gasteiger partial charge in [0.2, 0.25) is 0 Å². The Kier molecular flexibility index (Phi) is 2.06. The molecule has 1 aromatic carbocycles. The number of carbonyl (C=O) groups is 1. The molecule has 1 heterocycles. The molecule has 0 spiro atoms. The summed E-state index contributed by atoms with van der Waals surface area (Å²) in [6, 6.07) is 7.14. The summed E-state index contributed by atoms with van der Waals surface area (Å²) >= 11 is 0. The molecule has 5 nitrogen and oxygen atoms in total. The molecule has 0 aliphatic heterocycles. The van der Waals surface area contributed by atoms with E-state index in [1.807, 2.05) is 6.07 Å². The van der Waals surface area contributed by atoms with Gasteiger partial charge in [-0.3, -0.25) is 4.79 Å². The molecule has 14 heavy (non-hydrogen) atoms. The van der Waals surface area contributed by atoms with Crippen LogP contribution in [0.2, 0.25) is 0 Å². The first-order valence-electron chi connectivity index (χ1n) is 4.12. The number of hydrogen-bond acceptors (Lipinski definition) is 4. The highest BCUT2D eigenvalue weighted by atomic mass is 16.1. The van der Waals surface area contributed by atoms with E-state index in [0.29, 0.717) is 11.3 Å². The highest BCUT2D eigenvalue weighted by molar-refractivity contribution is 5.97. The molecule has 2 aromatic rings. The Labute approximate surface area is 80.4 Å². The van der Waals surface area contributed by atoms with Crippen LogP contribution in [-0.2, 0) is 0 Å². The minimum absolute atomic E-state index is 0.0158. The number of Topliss-reactive ketones (excluding diaryl/α,β-unsaturated/α-hetero) is 1. The summed E-state index contributed by atoms with van der Waals surface area (Å²) in [4.78, 5) is 12.6. The molecule has 5 heteroatoms. The third kappa shape index (κ3) is 1.39. The maximum absolute atomic E-state index is 11.3. The molecule has 0 saturated carbocycles. The van der Waals surface area contributed by atoms with Crippen molar-refractivity contribution in [2.24, 2.45) is 0 Å². The van der Waals surface area contributed by atoms with Gasteiger partial charge in [0, 0.05) is 5.56 Å². The fraction of sp³-hybridized carbons (Fsp3) is 0.111. The quantitative estimate of drug-likeness (QED) is 0.656. The lowest BCUT2D eigenvalue weighted by Gasteiger charge is -2.03. The fourth-order valence-electron chi connectivity index (χ4n) is 1.22. The van der Waals surface area contributed by atoms with Crippen molar-refractivity contribution in [1.29, 1.82) is 0 Å². The Morgan fingerprint density at radius 2 is 2.14 bits per heavy atom. The monoisotopic (exact) mass is 188 g/mol. The van der Waals surface area contributed by atoms with Crippen LogP contribution in [0, 0.1) is 0 Å². The van der Waals surface area contributed by atoms with E-state index >= 15 is 0 Å². The summed E-state index contributed by atoms with van der Waals surface area (Å²) in [6.45, 7) is 1.51. The zero-order valence-corrected chi connectivity index (χ0v) is 7.58. The van der Waals surface area contributed by atoms with Crippen molar-refractivity contribution in [2.75, 3.05) is 0 Å². The molecule has 2 rings (SSSR count). The number of para-hydroxylation sites is 1. The average molecular weight is 188 g/mol. The van der Waals surface area contributed by atoms with Crippen LogP contribution in [0.5, 0.6) is 0 Å². The largest absolute Gasteiger partial charge is 0.294 e. The third-order valence-corrected chi connectivity index (χ3v) is 1.85. The van der Waals surface area contributed by atoms with Crippen LogP contribution in [0.1, 0.15) is 17.3 Å². The lowest BCUT2D eigenvalue weighted by atomic mass is 10.1. The van der Waals surface area contributed by atoms with Crippen LogP contribution in [0.4, 0.5) is 0 Å². The molecule has 0 bridgehead atoms. The number of carbonyl (C=O) groups excluding carboxylic acids is 1. The highest BCUT2D eigenvalue weighted by Gasteiger charge is 2.08. The first-order chi connectivity index (χ1) is 6.79. The van der Waals surface area contributed by atoms with Crippen molar-refractivity contribution < 1.29 is 4.79 Å². The Balaban J connectivity index is 2.58. The smallest absolute Gasteiger partial charge is 0.162 e. The molecule has 1 aromatic heterocycles. The minimum atomic E-state index is -0.0158. The molecular weight excluding hydrogens is 180 g/mol. The number of nitrogens with zero attached hydrogens (tertiary/aromatic N) is 4. The van der Waals surface area contributed by atoms with Gasteiger partial charge in [-0.05, 0) is 24.3 Å². The second kappa shape index (κ2) is 3.37. The van der Waals surface area contributed by atoms with Crippen molar-refractivity contribution in [1.82, 2.24) is 20.2 Å². The van der Waals surface area contributed by atoms with Crippen LogP contribution in [0.3, 0.4) is 0 Å². The van der Waals surface area contributed by atoms with Crippen molar-refractivity contribution in [2.45, 2.75) is 6.92 Å². The second-order valence-corrected chi connectivity index (χ2v) is 2.80. The van der Waals surface area contributed by atoms with E-state index in [2.05, 4.69) is 15.4 Å². The lowest BCUT2D eigenvalue weighted by Crippen LogP contribution is -2.05. The number of tetrazole rings is 1. The Morgan fingerprint density at radius 1 is 1.36 bits per heavy atom. The predicted molar refractivity (Wildman–Crippen MR) is 49.2 cm³/mol. The van der Waals surface area contributed by atoms with Gasteiger partial charge >= 0.3 is 0 Å². The SMILES string of the molecule is CC(=O)c1ccccc1-n1ncnn1. The summed E-state index contributed by atoms with van der Waals surface area (Å²) in [6.07, 6.45) is 1.33. The van der Waals surface area contributed by atoms with Crippen LogP contribution >= 0.6 is 0 Å². The zero-order valence-electron chi connectivity index (χ0n) is 7.58. The molecule has 0 radical (unpaired) electrons. The van der Waals surface area contributed by atoms with Crippen LogP contribution < -0.4 is 0 Å². The van der Waals surface area contributed by atoms with Crippen molar-refractivity contribution in [3.8, 4) is 5.69 Å². The molecule has 0 N–H and O–H groups in total. The van der Waals surface area contributed by atoms with Gasteiger partial charge < -0.3 is 0 Å².